The number of aromatic nitrogens is 2. The van der Waals surface area contributed by atoms with Gasteiger partial charge in [0.05, 0.1) is 0 Å². The van der Waals surface area contributed by atoms with Crippen molar-refractivity contribution in [3.05, 3.63) is 273 Å². The van der Waals surface area contributed by atoms with Crippen LogP contribution in [0.25, 0.3) is 46.1 Å². The van der Waals surface area contributed by atoms with Crippen molar-refractivity contribution in [2.45, 2.75) is 117 Å². The molecular formula is C79H76N4. The van der Waals surface area contributed by atoms with Crippen molar-refractivity contribution in [3.8, 4) is 22.3 Å². The van der Waals surface area contributed by atoms with Crippen molar-refractivity contribution < 1.29 is 0 Å². The lowest BCUT2D eigenvalue weighted by Crippen LogP contribution is -2.18. The Bertz CT molecular complexity index is 4130. The molecule has 0 bridgehead atoms. The van der Waals surface area contributed by atoms with E-state index in [0.29, 0.717) is 5.92 Å². The minimum atomic E-state index is -0.196. The monoisotopic (exact) mass is 1080 g/mol. The average molecular weight is 1080 g/mol. The Hall–Kier alpha value is -8.60. The molecule has 0 radical (unpaired) electrons. The lowest BCUT2D eigenvalue weighted by atomic mass is 9.78. The molecule has 0 aliphatic heterocycles. The second-order valence-corrected chi connectivity index (χ2v) is 27.2. The summed E-state index contributed by atoms with van der Waals surface area (Å²) >= 11 is 0. The highest BCUT2D eigenvalue weighted by molar-refractivity contribution is 5.93. The number of rotatable bonds is 10. The molecule has 13 rings (SSSR count). The van der Waals surface area contributed by atoms with Gasteiger partial charge >= 0.3 is 0 Å². The Morgan fingerprint density at radius 3 is 1.22 bits per heavy atom. The van der Waals surface area contributed by atoms with Gasteiger partial charge in [0.2, 0.25) is 0 Å². The highest BCUT2D eigenvalue weighted by atomic mass is 15.2. The van der Waals surface area contributed by atoms with Crippen molar-refractivity contribution in [1.29, 1.82) is 0 Å². The maximum Gasteiger partial charge on any atom is 0.137 e. The molecule has 0 saturated carbocycles. The maximum absolute atomic E-state index is 4.84. The van der Waals surface area contributed by atoms with Crippen molar-refractivity contribution in [2.24, 2.45) is 5.92 Å². The first-order valence-electron chi connectivity index (χ1n) is 29.8. The van der Waals surface area contributed by atoms with Crippen LogP contribution in [0.5, 0.6) is 0 Å². The van der Waals surface area contributed by atoms with Crippen LogP contribution in [0.3, 0.4) is 0 Å². The van der Waals surface area contributed by atoms with E-state index in [0.717, 1.165) is 40.8 Å². The molecule has 0 spiro atoms. The quantitative estimate of drug-likeness (QED) is 0.128. The number of anilines is 6. The zero-order valence-electron chi connectivity index (χ0n) is 50.4. The van der Waals surface area contributed by atoms with Crippen molar-refractivity contribution in [1.82, 2.24) is 9.97 Å². The number of hydrogen-bond acceptors (Lipinski definition) is 4. The predicted molar refractivity (Wildman–Crippen MR) is 352 cm³/mol. The zero-order valence-corrected chi connectivity index (χ0v) is 50.4. The molecule has 1 unspecified atom stereocenters. The molecule has 0 saturated heterocycles. The van der Waals surface area contributed by atoms with E-state index in [9.17, 15) is 0 Å². The first-order chi connectivity index (χ1) is 39.6. The number of hydrogen-bond donors (Lipinski definition) is 0. The fraction of sp³-hybridized carbons (Fsp3) is 0.241. The van der Waals surface area contributed by atoms with E-state index in [1.807, 2.05) is 24.5 Å². The highest BCUT2D eigenvalue weighted by Gasteiger charge is 2.41. The molecule has 4 aliphatic rings. The molecule has 83 heavy (non-hydrogen) atoms. The summed E-state index contributed by atoms with van der Waals surface area (Å²) in [4.78, 5) is 14.3. The summed E-state index contributed by atoms with van der Waals surface area (Å²) in [5.41, 5.74) is 26.6. The third-order valence-corrected chi connectivity index (χ3v) is 18.6. The van der Waals surface area contributed by atoms with E-state index in [1.54, 1.807) is 0 Å². The second kappa shape index (κ2) is 19.8. The summed E-state index contributed by atoms with van der Waals surface area (Å²) < 4.78 is 0. The second-order valence-electron chi connectivity index (χ2n) is 27.2. The Balaban J connectivity index is 0.716. The maximum atomic E-state index is 4.84. The van der Waals surface area contributed by atoms with Gasteiger partial charge in [-0.05, 0) is 191 Å². The van der Waals surface area contributed by atoms with E-state index >= 15 is 0 Å². The van der Waals surface area contributed by atoms with Gasteiger partial charge in [-0.2, -0.15) is 0 Å². The van der Waals surface area contributed by atoms with E-state index < -0.39 is 0 Å². The molecule has 7 aromatic carbocycles. The molecular weight excluding hydrogens is 1000 g/mol. The molecule has 4 aliphatic carbocycles. The predicted octanol–water partition coefficient (Wildman–Crippen LogP) is 21.1. The summed E-state index contributed by atoms with van der Waals surface area (Å²) in [7, 11) is 0. The third kappa shape index (κ3) is 9.41. The number of benzene rings is 7. The van der Waals surface area contributed by atoms with E-state index in [4.69, 9.17) is 9.97 Å². The normalized spacial score (nSPS) is 16.8. The average Bonchev–Trinajstić information content (AvgIpc) is 3.95. The SMILES string of the molecule is CC(C)(C)c1ccc(N(c2ccc3c(c2)C(C)(C)C2=CC(/C=C/c4ccc5c(c4)C(C)(C)c4cc(/C=C/c6ccc7c(c6)C(C)(C)c6cc(N(c8ccc(C(C)(C)C)cc8)c8ccccn8)ccc6-7)ccc4-5)CC=C23)c2ccccn2)cc1. The Labute approximate surface area is 493 Å². The number of allylic oxidation sites excluding steroid dienone is 5. The third-order valence-electron chi connectivity index (χ3n) is 18.6. The summed E-state index contributed by atoms with van der Waals surface area (Å²) in [6.45, 7) is 27.9. The molecule has 4 heteroatoms. The van der Waals surface area contributed by atoms with Crippen molar-refractivity contribution >= 4 is 58.2 Å². The van der Waals surface area contributed by atoms with E-state index in [-0.39, 0.29) is 27.1 Å². The van der Waals surface area contributed by atoms with Gasteiger partial charge in [-0.3, -0.25) is 9.80 Å². The van der Waals surface area contributed by atoms with Crippen molar-refractivity contribution in [3.63, 3.8) is 0 Å². The van der Waals surface area contributed by atoms with Crippen LogP contribution >= 0.6 is 0 Å². The standard InChI is InChI=1S/C79H76N4/c1-75(2,3)55-27-31-57(32-28-55)82(73-17-13-15-43-80-73)59-35-41-65-63-39-25-53(47-69(63)78(9,10)71(65)49-59)21-19-51-23-37-61-62-38-24-52(46-68(62)77(7,8)67(61)45-51)20-22-54-26-40-64-66-42-36-60(50-72(66)79(11,12)70(64)48-54)83(74-18-14-16-44-81-74)58-33-29-56(30-34-58)76(4,5)6/h13-25,27-50,54H,26H2,1-12H3/b21-19+,22-20+. The van der Waals surface area contributed by atoms with E-state index in [1.165, 1.54) is 94.6 Å². The molecule has 9 aromatic rings. The van der Waals surface area contributed by atoms with Crippen LogP contribution in [-0.2, 0) is 27.1 Å². The zero-order chi connectivity index (χ0) is 57.8. The van der Waals surface area contributed by atoms with Gasteiger partial charge in [0.1, 0.15) is 11.6 Å². The number of nitrogens with zero attached hydrogens (tertiary/aromatic N) is 4. The topological polar surface area (TPSA) is 32.3 Å². The summed E-state index contributed by atoms with van der Waals surface area (Å²) in [6, 6.07) is 65.4. The first kappa shape index (κ1) is 53.7. The van der Waals surface area contributed by atoms with Gasteiger partial charge in [0.15, 0.2) is 0 Å². The molecule has 0 amide bonds. The minimum Gasteiger partial charge on any atom is -0.295 e. The van der Waals surface area contributed by atoms with Gasteiger partial charge in [-0.1, -0.05) is 223 Å². The van der Waals surface area contributed by atoms with Crippen LogP contribution in [0.15, 0.2) is 212 Å². The van der Waals surface area contributed by atoms with Gasteiger partial charge in [-0.15, -0.1) is 0 Å². The van der Waals surface area contributed by atoms with Crippen LogP contribution in [0.4, 0.5) is 34.4 Å². The van der Waals surface area contributed by atoms with Gasteiger partial charge in [0.25, 0.3) is 0 Å². The van der Waals surface area contributed by atoms with Crippen LogP contribution in [0, 0.1) is 5.92 Å². The van der Waals surface area contributed by atoms with Crippen LogP contribution in [0.1, 0.15) is 151 Å². The van der Waals surface area contributed by atoms with Gasteiger partial charge in [0, 0.05) is 51.4 Å². The van der Waals surface area contributed by atoms with Crippen LogP contribution in [-0.4, -0.2) is 9.97 Å². The Morgan fingerprint density at radius 1 is 0.410 bits per heavy atom. The lowest BCUT2D eigenvalue weighted by Gasteiger charge is -2.28. The lowest BCUT2D eigenvalue weighted by molar-refractivity contribution is 0.590. The number of fused-ring (bicyclic) bond motifs is 9. The van der Waals surface area contributed by atoms with Crippen molar-refractivity contribution in [2.75, 3.05) is 9.80 Å². The van der Waals surface area contributed by atoms with Gasteiger partial charge < -0.3 is 0 Å². The Morgan fingerprint density at radius 2 is 0.795 bits per heavy atom. The molecule has 1 atom stereocenters. The molecule has 2 aromatic heterocycles. The molecule has 412 valence electrons. The smallest absolute Gasteiger partial charge is 0.137 e. The van der Waals surface area contributed by atoms with Crippen LogP contribution in [0.2, 0.25) is 0 Å². The summed E-state index contributed by atoms with van der Waals surface area (Å²) in [6.07, 6.45) is 19.1. The summed E-state index contributed by atoms with van der Waals surface area (Å²) in [5, 5.41) is 0. The van der Waals surface area contributed by atoms with Gasteiger partial charge in [-0.25, -0.2) is 9.97 Å². The number of pyridine rings is 2. The van der Waals surface area contributed by atoms with E-state index in [2.05, 4.69) is 293 Å². The fourth-order valence-corrected chi connectivity index (χ4v) is 13.7. The molecule has 4 nitrogen and oxygen atoms in total. The minimum absolute atomic E-state index is 0.0724. The molecule has 0 N–H and O–H groups in total. The largest absolute Gasteiger partial charge is 0.295 e. The Kier molecular flexibility index (Phi) is 12.8. The molecule has 2 heterocycles. The fourth-order valence-electron chi connectivity index (χ4n) is 13.7. The van der Waals surface area contributed by atoms with Crippen LogP contribution < -0.4 is 9.80 Å². The molecule has 0 fully saturated rings. The first-order valence-corrected chi connectivity index (χ1v) is 29.8. The highest BCUT2D eigenvalue weighted by Crippen LogP contribution is 2.55. The summed E-state index contributed by atoms with van der Waals surface area (Å²) in [5.74, 6) is 2.11.